The van der Waals surface area contributed by atoms with E-state index in [0.717, 1.165) is 16.9 Å². The number of aromatic amines is 1. The second-order valence-corrected chi connectivity index (χ2v) is 9.19. The Bertz CT molecular complexity index is 1450. The molecule has 0 atom stereocenters. The van der Waals surface area contributed by atoms with Crippen LogP contribution in [0.25, 0.3) is 11.8 Å². The highest BCUT2D eigenvalue weighted by atomic mass is 32.1. The summed E-state index contributed by atoms with van der Waals surface area (Å²) in [6, 6.07) is 25.1. The van der Waals surface area contributed by atoms with E-state index in [1.54, 1.807) is 30.3 Å². The first kappa shape index (κ1) is 24.2. The van der Waals surface area contributed by atoms with Crippen molar-refractivity contribution in [3.63, 3.8) is 0 Å². The summed E-state index contributed by atoms with van der Waals surface area (Å²) in [5.41, 5.74) is 3.72. The number of rotatable bonds is 7. The molecule has 0 unspecified atom stereocenters. The van der Waals surface area contributed by atoms with Gasteiger partial charge in [0.15, 0.2) is 4.77 Å². The van der Waals surface area contributed by atoms with E-state index < -0.39 is 5.56 Å². The molecule has 178 valence electrons. The molecule has 0 aliphatic rings. The lowest BCUT2D eigenvalue weighted by atomic mass is 9.99. The standard InChI is InChI=1S/C29H28N2O3S/c1-19(2)22-11-9-21(10-12-22)17-20(3)18-26-27(32)30-29(35)31(28(26)33)23-13-15-25(16-14-23)34-24-7-5-4-6-8-24/h4-16,18-19,33H,17H2,1-3H3,(H,30,32,35). The van der Waals surface area contributed by atoms with Gasteiger partial charge in [0.2, 0.25) is 5.88 Å². The van der Waals surface area contributed by atoms with Crippen molar-refractivity contribution in [1.29, 1.82) is 0 Å². The average molecular weight is 485 g/mol. The molecule has 4 aromatic rings. The molecule has 0 bridgehead atoms. The number of hydrogen-bond acceptors (Lipinski definition) is 4. The van der Waals surface area contributed by atoms with Crippen LogP contribution in [-0.4, -0.2) is 14.7 Å². The van der Waals surface area contributed by atoms with E-state index in [2.05, 4.69) is 43.1 Å². The van der Waals surface area contributed by atoms with Gasteiger partial charge < -0.3 is 9.84 Å². The maximum absolute atomic E-state index is 12.6. The van der Waals surface area contributed by atoms with Crippen LogP contribution >= 0.6 is 12.2 Å². The molecule has 1 aromatic heterocycles. The molecule has 0 radical (unpaired) electrons. The normalized spacial score (nSPS) is 11.6. The van der Waals surface area contributed by atoms with Crippen LogP contribution in [-0.2, 0) is 6.42 Å². The molecule has 6 heteroatoms. The van der Waals surface area contributed by atoms with Crippen molar-refractivity contribution in [2.24, 2.45) is 0 Å². The number of para-hydroxylation sites is 1. The molecule has 2 N–H and O–H groups in total. The van der Waals surface area contributed by atoms with Crippen molar-refractivity contribution in [2.45, 2.75) is 33.1 Å². The lowest BCUT2D eigenvalue weighted by molar-refractivity contribution is 0.431. The van der Waals surface area contributed by atoms with Crippen LogP contribution in [0.5, 0.6) is 17.4 Å². The molecule has 1 heterocycles. The van der Waals surface area contributed by atoms with Crippen molar-refractivity contribution in [2.75, 3.05) is 0 Å². The number of allylic oxidation sites excluding steroid dienone is 1. The average Bonchev–Trinajstić information content (AvgIpc) is 2.84. The van der Waals surface area contributed by atoms with Gasteiger partial charge in [-0.25, -0.2) is 0 Å². The highest BCUT2D eigenvalue weighted by molar-refractivity contribution is 7.71. The van der Waals surface area contributed by atoms with Gasteiger partial charge in [0.05, 0.1) is 5.69 Å². The molecule has 3 aromatic carbocycles. The first-order chi connectivity index (χ1) is 16.8. The van der Waals surface area contributed by atoms with Crippen molar-refractivity contribution < 1.29 is 9.84 Å². The molecule has 0 saturated carbocycles. The van der Waals surface area contributed by atoms with Crippen LogP contribution in [0.2, 0.25) is 0 Å². The topological polar surface area (TPSA) is 67.2 Å². The third-order valence-electron chi connectivity index (χ3n) is 5.71. The zero-order valence-electron chi connectivity index (χ0n) is 20.0. The summed E-state index contributed by atoms with van der Waals surface area (Å²) in [6.45, 7) is 6.27. The third kappa shape index (κ3) is 5.78. The fraction of sp³-hybridized carbons (Fsp3) is 0.172. The fourth-order valence-corrected chi connectivity index (χ4v) is 4.12. The Morgan fingerprint density at radius 3 is 2.26 bits per heavy atom. The summed E-state index contributed by atoms with van der Waals surface area (Å²) in [6.07, 6.45) is 2.38. The van der Waals surface area contributed by atoms with Crippen molar-refractivity contribution in [3.8, 4) is 23.1 Å². The molecule has 4 rings (SSSR count). The number of aromatic hydroxyl groups is 1. The van der Waals surface area contributed by atoms with Gasteiger partial charge in [-0.1, -0.05) is 61.9 Å². The molecular formula is C29H28N2O3S. The smallest absolute Gasteiger partial charge is 0.262 e. The highest BCUT2D eigenvalue weighted by Gasteiger charge is 2.13. The number of benzene rings is 3. The Balaban J connectivity index is 1.61. The van der Waals surface area contributed by atoms with E-state index >= 15 is 0 Å². The van der Waals surface area contributed by atoms with Gasteiger partial charge in [0, 0.05) is 0 Å². The predicted octanol–water partition coefficient (Wildman–Crippen LogP) is 7.16. The van der Waals surface area contributed by atoms with Gasteiger partial charge in [0.25, 0.3) is 5.56 Å². The second kappa shape index (κ2) is 10.6. The van der Waals surface area contributed by atoms with E-state index in [1.165, 1.54) is 10.1 Å². The molecule has 0 amide bonds. The number of nitrogens with zero attached hydrogens (tertiary/aromatic N) is 1. The van der Waals surface area contributed by atoms with Crippen LogP contribution in [0, 0.1) is 4.77 Å². The number of H-pyrrole nitrogens is 1. The second-order valence-electron chi connectivity index (χ2n) is 8.80. The van der Waals surface area contributed by atoms with Crippen LogP contribution in [0.3, 0.4) is 0 Å². The molecule has 0 aliphatic carbocycles. The quantitative estimate of drug-likeness (QED) is 0.273. The van der Waals surface area contributed by atoms with E-state index in [-0.39, 0.29) is 16.2 Å². The Morgan fingerprint density at radius 2 is 1.63 bits per heavy atom. The van der Waals surface area contributed by atoms with Crippen molar-refractivity contribution in [1.82, 2.24) is 9.55 Å². The van der Waals surface area contributed by atoms with E-state index in [0.29, 0.717) is 23.8 Å². The number of ether oxygens (including phenoxy) is 1. The molecule has 35 heavy (non-hydrogen) atoms. The van der Waals surface area contributed by atoms with Crippen LogP contribution in [0.15, 0.2) is 89.2 Å². The van der Waals surface area contributed by atoms with E-state index in [4.69, 9.17) is 17.0 Å². The zero-order chi connectivity index (χ0) is 24.9. The maximum atomic E-state index is 12.6. The minimum absolute atomic E-state index is 0.114. The van der Waals surface area contributed by atoms with Crippen molar-refractivity contribution in [3.05, 3.63) is 116 Å². The summed E-state index contributed by atoms with van der Waals surface area (Å²) in [4.78, 5) is 15.3. The number of hydrogen-bond donors (Lipinski definition) is 2. The van der Waals surface area contributed by atoms with Gasteiger partial charge in [-0.05, 0) is 85.1 Å². The zero-order valence-corrected chi connectivity index (χ0v) is 20.8. The fourth-order valence-electron chi connectivity index (χ4n) is 3.84. The first-order valence-corrected chi connectivity index (χ1v) is 11.9. The van der Waals surface area contributed by atoms with Crippen molar-refractivity contribution >= 4 is 18.3 Å². The minimum atomic E-state index is -0.428. The van der Waals surface area contributed by atoms with Gasteiger partial charge >= 0.3 is 0 Å². The summed E-state index contributed by atoms with van der Waals surface area (Å²) < 4.78 is 7.40. The Kier molecular flexibility index (Phi) is 7.32. The number of nitrogens with one attached hydrogen (secondary N) is 1. The minimum Gasteiger partial charge on any atom is -0.494 e. The van der Waals surface area contributed by atoms with Crippen LogP contribution in [0.4, 0.5) is 0 Å². The summed E-state index contributed by atoms with van der Waals surface area (Å²) in [7, 11) is 0. The van der Waals surface area contributed by atoms with Crippen LogP contribution < -0.4 is 10.3 Å². The molecule has 0 fully saturated rings. The maximum Gasteiger partial charge on any atom is 0.262 e. The lowest BCUT2D eigenvalue weighted by Crippen LogP contribution is -2.16. The first-order valence-electron chi connectivity index (χ1n) is 11.5. The van der Waals surface area contributed by atoms with E-state index in [1.807, 2.05) is 37.3 Å². The van der Waals surface area contributed by atoms with Gasteiger partial charge in [0.1, 0.15) is 17.1 Å². The molecule has 0 spiro atoms. The summed E-state index contributed by atoms with van der Waals surface area (Å²) in [5, 5.41) is 11.0. The largest absolute Gasteiger partial charge is 0.494 e. The molecule has 5 nitrogen and oxygen atoms in total. The van der Waals surface area contributed by atoms with Gasteiger partial charge in [-0.2, -0.15) is 0 Å². The third-order valence-corrected chi connectivity index (χ3v) is 6.00. The Labute approximate surface area is 210 Å². The van der Waals surface area contributed by atoms with Gasteiger partial charge in [-0.3, -0.25) is 14.3 Å². The molecule has 0 aliphatic heterocycles. The summed E-state index contributed by atoms with van der Waals surface area (Å²) in [5.74, 6) is 1.65. The lowest BCUT2D eigenvalue weighted by Gasteiger charge is -2.13. The molecule has 0 saturated heterocycles. The number of aromatic nitrogens is 2. The Hall–Kier alpha value is -3.90. The molecular weight excluding hydrogens is 456 g/mol. The van der Waals surface area contributed by atoms with E-state index in [9.17, 15) is 9.90 Å². The SMILES string of the molecule is CC(=Cc1c(O)n(-c2ccc(Oc3ccccc3)cc2)c(=S)[nH]c1=O)Cc1ccc(C(C)C)cc1. The predicted molar refractivity (Wildman–Crippen MR) is 143 cm³/mol. The summed E-state index contributed by atoms with van der Waals surface area (Å²) >= 11 is 5.35. The van der Waals surface area contributed by atoms with Gasteiger partial charge in [-0.15, -0.1) is 0 Å². The van der Waals surface area contributed by atoms with Crippen LogP contribution in [0.1, 0.15) is 43.4 Å². The highest BCUT2D eigenvalue weighted by Crippen LogP contribution is 2.26. The monoisotopic (exact) mass is 484 g/mol. The Morgan fingerprint density at radius 1 is 1.00 bits per heavy atom.